The number of esters is 1. The second kappa shape index (κ2) is 19.0. The van der Waals surface area contributed by atoms with Crippen molar-refractivity contribution >= 4 is 105 Å². The zero-order chi connectivity index (χ0) is 51.9. The van der Waals surface area contributed by atoms with Crippen LogP contribution in [-0.4, -0.2) is 106 Å². The second-order valence-corrected chi connectivity index (χ2v) is 20.0. The number of aliphatic hydroxyl groups is 1. The average Bonchev–Trinajstić information content (AvgIpc) is 3.87. The molecule has 0 saturated carbocycles. The van der Waals surface area contributed by atoms with Crippen LogP contribution in [0, 0.1) is 0 Å². The highest BCUT2D eigenvalue weighted by atomic mass is 35.5. The van der Waals surface area contributed by atoms with E-state index in [0.29, 0.717) is 28.0 Å². The zero-order valence-electron chi connectivity index (χ0n) is 38.1. The molecule has 18 nitrogen and oxygen atoms in total. The van der Waals surface area contributed by atoms with Gasteiger partial charge >= 0.3 is 18.1 Å². The summed E-state index contributed by atoms with van der Waals surface area (Å²) in [5, 5.41) is 21.1. The Bertz CT molecular complexity index is 3340. The largest absolute Gasteiger partial charge is 0.514 e. The molecule has 5 atom stereocenters. The number of aliphatic carboxylic acids is 1. The van der Waals surface area contributed by atoms with Gasteiger partial charge in [0.2, 0.25) is 5.91 Å². The molecule has 6 aliphatic heterocycles. The van der Waals surface area contributed by atoms with Gasteiger partial charge in [-0.2, -0.15) is 0 Å². The van der Waals surface area contributed by atoms with Gasteiger partial charge in [0, 0.05) is 58.6 Å². The van der Waals surface area contributed by atoms with Crippen LogP contribution >= 0.6 is 58.2 Å². The lowest BCUT2D eigenvalue weighted by molar-refractivity contribution is -0.160. The maximum absolute atomic E-state index is 13.8. The van der Waals surface area contributed by atoms with E-state index in [9.17, 15) is 39.0 Å². The number of ether oxygens (including phenoxy) is 6. The summed E-state index contributed by atoms with van der Waals surface area (Å²) in [6.07, 6.45) is -0.331. The number of β-lactam (4-membered cyclic amide) rings is 2. The Morgan fingerprint density at radius 3 is 2.30 bits per heavy atom. The van der Waals surface area contributed by atoms with E-state index in [-0.39, 0.29) is 91.2 Å². The lowest BCUT2D eigenvalue weighted by Crippen LogP contribution is -2.72. The summed E-state index contributed by atoms with van der Waals surface area (Å²) < 4.78 is 35.3. The average molecular weight is 1100 g/mol. The number of rotatable bonds is 12. The Morgan fingerprint density at radius 1 is 0.878 bits per heavy atom. The van der Waals surface area contributed by atoms with E-state index in [1.807, 2.05) is 48.3 Å². The highest BCUT2D eigenvalue weighted by Gasteiger charge is 2.59. The molecular weight excluding hydrogens is 1070 g/mol. The Labute approximate surface area is 443 Å². The van der Waals surface area contributed by atoms with Crippen LogP contribution in [0.4, 0.5) is 16.2 Å². The van der Waals surface area contributed by atoms with E-state index in [1.165, 1.54) is 34.9 Å². The fraction of sp³-hybridized carbons (Fsp3) is 0.216. The van der Waals surface area contributed by atoms with Crippen LogP contribution in [0.3, 0.4) is 0 Å². The number of anilines is 2. The fourth-order valence-corrected chi connectivity index (χ4v) is 12.1. The minimum atomic E-state index is -1.73. The maximum atomic E-state index is 13.8. The predicted octanol–water partition coefficient (Wildman–Crippen LogP) is 8.30. The number of carbonyl (C=O) groups excluding carboxylic acids is 5. The van der Waals surface area contributed by atoms with Crippen LogP contribution in [0.2, 0.25) is 20.1 Å². The van der Waals surface area contributed by atoms with Gasteiger partial charge < -0.3 is 48.9 Å². The number of aliphatic hydroxyl groups excluding tert-OH is 1. The highest BCUT2D eigenvalue weighted by molar-refractivity contribution is 8.00. The van der Waals surface area contributed by atoms with E-state index in [2.05, 4.69) is 5.32 Å². The van der Waals surface area contributed by atoms with Gasteiger partial charge in [-0.05, 0) is 60.2 Å². The first-order chi connectivity index (χ1) is 35.6. The quantitative estimate of drug-likeness (QED) is 0.0352. The molecule has 11 rings (SSSR count). The molecule has 3 N–H and O–H groups in total. The van der Waals surface area contributed by atoms with Crippen LogP contribution in [-0.2, 0) is 45.6 Å². The number of carbonyl (C=O) groups is 6. The van der Waals surface area contributed by atoms with Gasteiger partial charge in [-0.15, -0.1) is 11.8 Å². The maximum Gasteiger partial charge on any atom is 0.514 e. The third kappa shape index (κ3) is 8.00. The molecule has 6 aliphatic rings. The van der Waals surface area contributed by atoms with Crippen molar-refractivity contribution in [2.45, 2.75) is 42.3 Å². The Morgan fingerprint density at radius 2 is 1.58 bits per heavy atom. The number of halogens is 4. The van der Waals surface area contributed by atoms with Crippen LogP contribution < -0.4 is 24.4 Å². The second-order valence-electron chi connectivity index (χ2n) is 17.4. The summed E-state index contributed by atoms with van der Waals surface area (Å²) in [5.74, 6) is -2.75. The van der Waals surface area contributed by atoms with Crippen molar-refractivity contribution in [3.05, 3.63) is 162 Å². The molecule has 1 spiro atoms. The minimum Gasteiger partial charge on any atom is -0.489 e. The number of thioether (sulfide) groups is 1. The number of nitrogens with zero attached hydrogens (tertiary/aromatic N) is 3. The first-order valence-electron chi connectivity index (χ1n) is 22.5. The molecule has 378 valence electrons. The molecule has 0 aromatic heterocycles. The minimum absolute atomic E-state index is 0.0193. The van der Waals surface area contributed by atoms with Crippen LogP contribution in [0.5, 0.6) is 23.0 Å². The molecule has 0 bridgehead atoms. The third-order valence-corrected chi connectivity index (χ3v) is 16.4. The fourth-order valence-electron chi connectivity index (χ4n) is 9.70. The van der Waals surface area contributed by atoms with Crippen molar-refractivity contribution in [1.29, 1.82) is 0 Å². The molecule has 0 radical (unpaired) electrons. The molecule has 23 heteroatoms. The van der Waals surface area contributed by atoms with Gasteiger partial charge in [-0.25, -0.2) is 14.4 Å². The number of hydrogen-bond acceptors (Lipinski definition) is 15. The molecule has 6 heterocycles. The third-order valence-electron chi connectivity index (χ3n) is 13.2. The van der Waals surface area contributed by atoms with Crippen LogP contribution in [0.1, 0.15) is 39.0 Å². The van der Waals surface area contributed by atoms with Crippen molar-refractivity contribution in [3.8, 4) is 23.0 Å². The summed E-state index contributed by atoms with van der Waals surface area (Å²) in [6.45, 7) is -0.826. The van der Waals surface area contributed by atoms with Crippen molar-refractivity contribution in [3.63, 3.8) is 0 Å². The van der Waals surface area contributed by atoms with E-state index < -0.39 is 65.8 Å². The van der Waals surface area contributed by atoms with Crippen molar-refractivity contribution in [1.82, 2.24) is 15.1 Å². The molecule has 3 saturated heterocycles. The molecule has 3 amide bonds. The van der Waals surface area contributed by atoms with Crippen LogP contribution in [0.25, 0.3) is 0 Å². The van der Waals surface area contributed by atoms with Gasteiger partial charge in [0.15, 0.2) is 17.9 Å². The molecule has 3 fully saturated rings. The summed E-state index contributed by atoms with van der Waals surface area (Å²) in [6, 6.07) is 23.6. The topological polar surface area (TPSA) is 220 Å². The van der Waals surface area contributed by atoms with E-state index >= 15 is 0 Å². The summed E-state index contributed by atoms with van der Waals surface area (Å²) in [5.41, 5.74) is 1.31. The van der Waals surface area contributed by atoms with Crippen molar-refractivity contribution in [2.75, 3.05) is 30.9 Å². The molecule has 5 aromatic carbocycles. The van der Waals surface area contributed by atoms with Gasteiger partial charge in [-0.1, -0.05) is 76.7 Å². The van der Waals surface area contributed by atoms with E-state index in [0.717, 1.165) is 16.3 Å². The number of benzene rings is 5. The van der Waals surface area contributed by atoms with Gasteiger partial charge in [-0.3, -0.25) is 24.2 Å². The van der Waals surface area contributed by atoms with E-state index in [1.54, 1.807) is 42.5 Å². The van der Waals surface area contributed by atoms with Gasteiger partial charge in [0.05, 0.1) is 38.7 Å². The molecule has 74 heavy (non-hydrogen) atoms. The van der Waals surface area contributed by atoms with Gasteiger partial charge in [0.25, 0.3) is 11.8 Å². The Hall–Kier alpha value is -7.13. The monoisotopic (exact) mass is 1100 g/mol. The summed E-state index contributed by atoms with van der Waals surface area (Å²) in [4.78, 5) is 82.7. The standard InChI is InChI=1S/C51H36Cl4N4O14S/c1-57(25-5-3-2-4-6-25)26-9-13-29-32(17-26)71-33-18-28(12-14-30(33)51(29)37-36(49(66)73-51)38(52)40(54)41(55)39(37)53)70-50(67)69-20-23-7-10-27(11-8-23)68-21-24-22-74-47-42(46(63)59(47)43(24)48(64)65)56-45(62)44-31(15-16-60)72-35-19-34(61)58(35)44/h2-15,17-18,35,42,44,47,60H,16,19-22H2,1H3,(H,56,62)(H,64,65)/b31-15-/t35-,42-,44-,47-,51?/m1/s1. The summed E-state index contributed by atoms with van der Waals surface area (Å²) >= 11 is 27.8. The molecule has 1 unspecified atom stereocenters. The van der Waals surface area contributed by atoms with Crippen molar-refractivity contribution in [2.24, 2.45) is 0 Å². The molecule has 5 aromatic rings. The number of para-hydroxylation sites is 1. The highest BCUT2D eigenvalue weighted by Crippen LogP contribution is 2.61. The van der Waals surface area contributed by atoms with Gasteiger partial charge in [0.1, 0.15) is 59.1 Å². The smallest absolute Gasteiger partial charge is 0.489 e. The lowest BCUT2D eigenvalue weighted by Gasteiger charge is -2.49. The normalized spacial score (nSPS) is 22.2. The van der Waals surface area contributed by atoms with Crippen molar-refractivity contribution < 1.29 is 67.4 Å². The molecule has 0 aliphatic carbocycles. The number of amides is 3. The van der Waals surface area contributed by atoms with E-state index in [4.69, 9.17) is 74.8 Å². The first-order valence-corrected chi connectivity index (χ1v) is 25.1. The number of fused-ring (bicyclic) bond motifs is 8. The zero-order valence-corrected chi connectivity index (χ0v) is 42.0. The molecular formula is C51H36Cl4N4O14S. The number of carboxylic acids is 1. The predicted molar refractivity (Wildman–Crippen MR) is 267 cm³/mol. The Kier molecular flexibility index (Phi) is 12.6. The first kappa shape index (κ1) is 49.1. The van der Waals surface area contributed by atoms with Crippen LogP contribution in [0.15, 0.2) is 114 Å². The summed E-state index contributed by atoms with van der Waals surface area (Å²) in [7, 11) is 1.88. The number of hydrogen-bond donors (Lipinski definition) is 3. The SMILES string of the molecule is CN(c1ccccc1)c1ccc2c(c1)Oc1cc(OC(=O)OCc3ccc(OCC4=C(C(=O)O)N5C(=O)[C@@H](NC(=O)[C@H]6/C(=C/CO)O[C@@H]7CC(=O)N76)[C@H]5SC4)cc3)ccc1C21OC(=O)c2c(Cl)c(Cl)c(Cl)c(Cl)c21. The number of carboxylic acid groups (broad SMARTS) is 1. The Balaban J connectivity index is 0.754. The lowest BCUT2D eigenvalue weighted by atomic mass is 9.77. The number of nitrogens with one attached hydrogen (secondary N) is 1.